The van der Waals surface area contributed by atoms with Gasteiger partial charge in [0.2, 0.25) is 0 Å². The molecule has 0 rings (SSSR count). The smallest absolute Gasteiger partial charge is 0.279 e. The van der Waals surface area contributed by atoms with Crippen molar-refractivity contribution in [1.82, 2.24) is 5.25 Å². The molecule has 0 aromatic heterocycles. The van der Waals surface area contributed by atoms with E-state index in [0.29, 0.717) is 0 Å². The Balaban J connectivity index is 3.48. The van der Waals surface area contributed by atoms with E-state index in [1.165, 1.54) is 0 Å². The average Bonchev–Trinajstić information content (AvgIpc) is 1.35. The summed E-state index contributed by atoms with van der Waals surface area (Å²) in [7, 11) is 0. The largest absolute Gasteiger partial charge is 0.333 e. The first kappa shape index (κ1) is 6.49. The minimum Gasteiger partial charge on any atom is -0.333 e. The fourth-order valence-corrected chi connectivity index (χ4v) is 0. The highest BCUT2D eigenvalue weighted by Gasteiger charge is 1.99. The topological polar surface area (TPSA) is 72.7 Å². The number of hydrogen-bond donors (Lipinski definition) is 4. The van der Waals surface area contributed by atoms with Crippen LogP contribution in [0.15, 0.2) is 0 Å². The number of rotatable bonds is 1. The summed E-state index contributed by atoms with van der Waals surface area (Å²) in [5.41, 5.74) is 0. The van der Waals surface area contributed by atoms with Crippen molar-refractivity contribution in [3.63, 3.8) is 0 Å². The molecule has 0 amide bonds. The van der Waals surface area contributed by atoms with Crippen LogP contribution in [0.5, 0.6) is 0 Å². The molecule has 6 heavy (non-hydrogen) atoms. The van der Waals surface area contributed by atoms with Crippen molar-refractivity contribution < 1.29 is 15.0 Å². The van der Waals surface area contributed by atoms with Crippen LogP contribution in [-0.2, 0) is 11.8 Å². The Hall–Kier alpha value is 0.490. The van der Waals surface area contributed by atoms with E-state index in [1.54, 1.807) is 0 Å². The molecule has 4 nitrogen and oxygen atoms in total. The second-order valence-corrected chi connectivity index (χ2v) is 3.46. The summed E-state index contributed by atoms with van der Waals surface area (Å²) >= 11 is 3.85. The first-order chi connectivity index (χ1) is 2.56. The molecule has 6 heteroatoms. The second kappa shape index (κ2) is 1.97. The normalized spacial score (nSPS) is 11.8. The van der Waals surface area contributed by atoms with Gasteiger partial charge in [-0.2, -0.15) is 0 Å². The van der Waals surface area contributed by atoms with Crippen LogP contribution in [0, 0.1) is 0 Å². The quantitative estimate of drug-likeness (QED) is 0.275. The van der Waals surface area contributed by atoms with Gasteiger partial charge in [0.25, 0.3) is 6.64 Å². The van der Waals surface area contributed by atoms with Crippen LogP contribution in [-0.4, -0.2) is 15.0 Å². The Labute approximate surface area is 39.6 Å². The lowest BCUT2D eigenvalue weighted by atomic mass is 13.5. The molecule has 0 aliphatic rings. The maximum Gasteiger partial charge on any atom is 0.279 e. The molecule has 0 spiro atoms. The maximum atomic E-state index is 7.95. The molecule has 0 saturated carbocycles. The van der Waals surface area contributed by atoms with E-state index in [0.717, 1.165) is 5.25 Å². The molecular weight excluding hydrogens is 125 g/mol. The van der Waals surface area contributed by atoms with E-state index in [4.69, 9.17) is 15.0 Å². The molecule has 0 aliphatic carbocycles. The van der Waals surface area contributed by atoms with Crippen LogP contribution in [0.2, 0.25) is 0 Å². The molecule has 4 N–H and O–H groups in total. The van der Waals surface area contributed by atoms with Gasteiger partial charge in [0.1, 0.15) is 0 Å². The zero-order chi connectivity index (χ0) is 5.21. The van der Waals surface area contributed by atoms with Gasteiger partial charge in [0, 0.05) is 0 Å². The molecular formula is H4NO3PS. The van der Waals surface area contributed by atoms with E-state index < -0.39 is 6.64 Å². The molecule has 38 valence electrons. The highest BCUT2D eigenvalue weighted by atomic mass is 32.5. The Kier molecular flexibility index (Phi) is 2.13. The van der Waals surface area contributed by atoms with Crippen molar-refractivity contribution in [2.75, 3.05) is 0 Å². The van der Waals surface area contributed by atoms with Crippen molar-refractivity contribution in [3.05, 3.63) is 0 Å². The lowest BCUT2D eigenvalue weighted by Crippen LogP contribution is -1.99. The molecule has 0 bridgehead atoms. The second-order valence-electron chi connectivity index (χ2n) is 0.644. The maximum absolute atomic E-state index is 7.95. The highest BCUT2D eigenvalue weighted by molar-refractivity contribution is 8.07. The zero-order valence-electron chi connectivity index (χ0n) is 2.70. The van der Waals surface area contributed by atoms with Gasteiger partial charge < -0.3 is 15.0 Å². The first-order valence-corrected chi connectivity index (χ1v) is 3.74. The van der Waals surface area contributed by atoms with Crippen molar-refractivity contribution in [3.8, 4) is 0 Å². The summed E-state index contributed by atoms with van der Waals surface area (Å²) in [5.74, 6) is 0. The third-order valence-corrected chi connectivity index (χ3v) is 0.636. The van der Waals surface area contributed by atoms with Gasteiger partial charge in [-0.15, -0.1) is 5.25 Å². The molecule has 0 aliphatic heterocycles. The van der Waals surface area contributed by atoms with Gasteiger partial charge in [-0.05, 0) is 11.8 Å². The van der Waals surface area contributed by atoms with Crippen LogP contribution in [0.3, 0.4) is 0 Å². The summed E-state index contributed by atoms with van der Waals surface area (Å²) in [5, 5.41) is 8.74. The van der Waals surface area contributed by atoms with E-state index in [-0.39, 0.29) is 0 Å². The average molecular weight is 129 g/mol. The Morgan fingerprint density at radius 2 is 1.67 bits per heavy atom. The summed E-state index contributed by atoms with van der Waals surface area (Å²) < 4.78 is 0. The number of nitrogens with one attached hydrogen (secondary N) is 1. The molecule has 0 atom stereocenters. The monoisotopic (exact) mass is 129 g/mol. The molecule has 0 fully saturated rings. The van der Waals surface area contributed by atoms with E-state index >= 15 is 0 Å². The molecule has 0 aromatic carbocycles. The predicted molar refractivity (Wildman–Crippen MR) is 23.6 cm³/mol. The van der Waals surface area contributed by atoms with Crippen LogP contribution in [0.25, 0.3) is 0 Å². The Bertz CT molecular complexity index is 74.9. The van der Waals surface area contributed by atoms with Gasteiger partial charge in [0.15, 0.2) is 0 Å². The minimum atomic E-state index is -3.51. The fraction of sp³-hybridized carbons (Fsp3) is 0. The van der Waals surface area contributed by atoms with E-state index in [1.807, 2.05) is 0 Å². The van der Waals surface area contributed by atoms with Crippen molar-refractivity contribution in [2.24, 2.45) is 0 Å². The van der Waals surface area contributed by atoms with Crippen LogP contribution in [0.4, 0.5) is 0 Å². The molecule has 0 radical (unpaired) electrons. The molecule has 0 heterocycles. The van der Waals surface area contributed by atoms with Gasteiger partial charge in [0.05, 0.1) is 0 Å². The summed E-state index contributed by atoms with van der Waals surface area (Å²) in [4.78, 5) is 15.9. The van der Waals surface area contributed by atoms with Crippen molar-refractivity contribution in [2.45, 2.75) is 0 Å². The third-order valence-electron chi connectivity index (χ3n) is 0.130. The molecule has 0 unspecified atom stereocenters. The van der Waals surface area contributed by atoms with Crippen molar-refractivity contribution in [1.29, 1.82) is 0 Å². The SMILES string of the molecule is ONP(O)(O)=S. The lowest BCUT2D eigenvalue weighted by molar-refractivity contribution is 0.219. The minimum absolute atomic E-state index is 1.14. The van der Waals surface area contributed by atoms with Gasteiger partial charge >= 0.3 is 0 Å². The van der Waals surface area contributed by atoms with Crippen LogP contribution in [0.1, 0.15) is 0 Å². The lowest BCUT2D eigenvalue weighted by Gasteiger charge is -1.98. The van der Waals surface area contributed by atoms with Crippen LogP contribution < -0.4 is 5.25 Å². The molecule has 0 saturated heterocycles. The van der Waals surface area contributed by atoms with Gasteiger partial charge in [-0.3, -0.25) is 0 Å². The van der Waals surface area contributed by atoms with Gasteiger partial charge in [-0.25, -0.2) is 0 Å². The summed E-state index contributed by atoms with van der Waals surface area (Å²) in [6, 6.07) is 0. The van der Waals surface area contributed by atoms with E-state index in [9.17, 15) is 0 Å². The predicted octanol–water partition coefficient (Wildman–Crippen LogP) is -0.826. The van der Waals surface area contributed by atoms with Gasteiger partial charge in [-0.1, -0.05) is 0 Å². The standard InChI is InChI=1S/H4NO3PS/c2-1-5(3,4)6/h2H,(H3,1,3,4,6). The summed E-state index contributed by atoms with van der Waals surface area (Å²) in [6.45, 7) is -3.51. The fourth-order valence-electron chi connectivity index (χ4n) is 0. The highest BCUT2D eigenvalue weighted by Crippen LogP contribution is 2.26. The Morgan fingerprint density at radius 3 is 1.67 bits per heavy atom. The third kappa shape index (κ3) is 4.49. The van der Waals surface area contributed by atoms with Crippen LogP contribution >= 0.6 is 6.64 Å². The van der Waals surface area contributed by atoms with E-state index in [2.05, 4.69) is 11.8 Å². The molecule has 0 aromatic rings. The zero-order valence-corrected chi connectivity index (χ0v) is 4.41. The Morgan fingerprint density at radius 1 is 1.50 bits per heavy atom. The van der Waals surface area contributed by atoms with Crippen molar-refractivity contribution >= 4 is 18.4 Å². The first-order valence-electron chi connectivity index (χ1n) is 1.03. The summed E-state index contributed by atoms with van der Waals surface area (Å²) in [6.07, 6.45) is 0. The number of hydrogen-bond acceptors (Lipinski definition) is 2.